The number of nitrogens with two attached hydrogens (primary N) is 1. The summed E-state index contributed by atoms with van der Waals surface area (Å²) in [6.45, 7) is 0.0398. The fraction of sp³-hybridized carbons (Fsp3) is 0.273. The van der Waals surface area contributed by atoms with Gasteiger partial charge in [-0.05, 0) is 17.7 Å². The van der Waals surface area contributed by atoms with E-state index < -0.39 is 12.1 Å². The number of hydrogen-bond acceptors (Lipinski definition) is 3. The van der Waals surface area contributed by atoms with Crippen LogP contribution in [0.4, 0.5) is 9.59 Å². The molecule has 1 aromatic carbocycles. The van der Waals surface area contributed by atoms with Gasteiger partial charge in [0.05, 0.1) is 0 Å². The Morgan fingerprint density at radius 3 is 2.68 bits per heavy atom. The van der Waals surface area contributed by atoms with Crippen LogP contribution in [0, 0.1) is 0 Å². The molecular weight excluding hydrogens is 293 g/mol. The van der Waals surface area contributed by atoms with Gasteiger partial charge in [0.2, 0.25) is 0 Å². The lowest BCUT2D eigenvalue weighted by molar-refractivity contribution is -0.424. The van der Waals surface area contributed by atoms with Crippen molar-refractivity contribution in [1.29, 1.82) is 0 Å². The number of imide groups is 1. The minimum atomic E-state index is -0.966. The molecule has 1 aromatic rings. The van der Waals surface area contributed by atoms with Crippen molar-refractivity contribution in [3.05, 3.63) is 33.8 Å². The van der Waals surface area contributed by atoms with E-state index in [2.05, 4.69) is 5.73 Å². The molecule has 0 aromatic heterocycles. The molecule has 0 saturated carbocycles. The summed E-state index contributed by atoms with van der Waals surface area (Å²) in [5.41, 5.74) is 9.45. The van der Waals surface area contributed by atoms with Gasteiger partial charge in [-0.25, -0.2) is 14.9 Å². The van der Waals surface area contributed by atoms with Gasteiger partial charge in [0.25, 0.3) is 0 Å². The molecule has 6 nitrogen and oxygen atoms in total. The first kappa shape index (κ1) is 15.6. The summed E-state index contributed by atoms with van der Waals surface area (Å²) < 4.78 is 4.77. The van der Waals surface area contributed by atoms with Crippen LogP contribution in [-0.2, 0) is 11.2 Å². The van der Waals surface area contributed by atoms with E-state index in [9.17, 15) is 9.59 Å². The van der Waals surface area contributed by atoms with E-state index in [1.807, 2.05) is 0 Å². The number of quaternary nitrogens is 1. The van der Waals surface area contributed by atoms with Crippen LogP contribution in [0.1, 0.15) is 5.56 Å². The summed E-state index contributed by atoms with van der Waals surface area (Å²) in [6, 6.07) is 3.96. The largest absolute Gasteiger partial charge is 0.443 e. The van der Waals surface area contributed by atoms with E-state index in [1.165, 1.54) is 0 Å². The second kappa shape index (κ2) is 7.18. The van der Waals surface area contributed by atoms with Crippen molar-refractivity contribution < 1.29 is 20.1 Å². The Labute approximate surface area is 120 Å². The first-order chi connectivity index (χ1) is 8.88. The van der Waals surface area contributed by atoms with E-state index in [1.54, 1.807) is 23.5 Å². The van der Waals surface area contributed by atoms with E-state index in [-0.39, 0.29) is 12.6 Å². The summed E-state index contributed by atoms with van der Waals surface area (Å²) in [7, 11) is 0. The zero-order valence-corrected chi connectivity index (χ0v) is 11.5. The Hall–Kier alpha value is -1.50. The van der Waals surface area contributed by atoms with Crippen LogP contribution in [0.3, 0.4) is 0 Å². The first-order valence-electron chi connectivity index (χ1n) is 5.38. The fourth-order valence-electron chi connectivity index (χ4n) is 1.39. The Morgan fingerprint density at radius 1 is 1.42 bits per heavy atom. The maximum Gasteiger partial charge on any atom is 0.415 e. The molecule has 1 atom stereocenters. The molecule has 19 heavy (non-hydrogen) atoms. The average molecular weight is 307 g/mol. The Balaban J connectivity index is 2.44. The molecule has 0 heterocycles. The lowest BCUT2D eigenvalue weighted by Crippen LogP contribution is -2.64. The third kappa shape index (κ3) is 5.78. The van der Waals surface area contributed by atoms with Gasteiger partial charge in [0.1, 0.15) is 12.6 Å². The third-order valence-electron chi connectivity index (χ3n) is 2.20. The van der Waals surface area contributed by atoms with Crippen LogP contribution in [-0.4, -0.2) is 24.8 Å². The third-order valence-corrected chi connectivity index (χ3v) is 2.79. The van der Waals surface area contributed by atoms with E-state index in [4.69, 9.17) is 33.7 Å². The lowest BCUT2D eigenvalue weighted by atomic mass is 10.1. The second-order valence-electron chi connectivity index (χ2n) is 3.89. The number of carbonyl (C=O) groups excluding carboxylic acids is 2. The predicted octanol–water partition coefficient (Wildman–Crippen LogP) is 0.951. The van der Waals surface area contributed by atoms with Gasteiger partial charge < -0.3 is 16.2 Å². The summed E-state index contributed by atoms with van der Waals surface area (Å²) in [6.07, 6.45) is -0.386. The molecule has 104 valence electrons. The zero-order chi connectivity index (χ0) is 14.4. The second-order valence-corrected chi connectivity index (χ2v) is 4.74. The standard InChI is InChI=1S/C11H13Cl2N3O3/c12-7-2-1-6(9(13)4-7)3-8(14)5-19-11(18)16-10(15)17/h1-2,4,8H,3,5,14H2,(H3,15,16,17,18)/p+1/t8-/m1/s1. The summed E-state index contributed by atoms with van der Waals surface area (Å²) in [4.78, 5) is 21.4. The highest BCUT2D eigenvalue weighted by Crippen LogP contribution is 2.21. The predicted molar refractivity (Wildman–Crippen MR) is 70.9 cm³/mol. The molecular formula is C11H14Cl2N3O3+. The molecule has 1 rings (SSSR count). The Morgan fingerprint density at radius 2 is 2.11 bits per heavy atom. The number of primary amides is 1. The molecule has 0 unspecified atom stereocenters. The summed E-state index contributed by atoms with van der Waals surface area (Å²) in [5.74, 6) is 0. The first-order valence-corrected chi connectivity index (χ1v) is 6.14. The SMILES string of the molecule is NC(=O)NC(=O)OC[C@H]([NH3+])Cc1ccc(Cl)cc1Cl. The van der Waals surface area contributed by atoms with Crippen LogP contribution >= 0.6 is 23.2 Å². The fourth-order valence-corrected chi connectivity index (χ4v) is 1.87. The van der Waals surface area contributed by atoms with Crippen molar-refractivity contribution in [1.82, 2.24) is 5.32 Å². The molecule has 0 bridgehead atoms. The number of halogens is 2. The minimum absolute atomic E-state index is 0.0398. The van der Waals surface area contributed by atoms with Gasteiger partial charge in [0, 0.05) is 16.5 Å². The lowest BCUT2D eigenvalue weighted by Gasteiger charge is -2.10. The van der Waals surface area contributed by atoms with Crippen LogP contribution in [0.5, 0.6) is 0 Å². The molecule has 8 heteroatoms. The van der Waals surface area contributed by atoms with Crippen molar-refractivity contribution in [2.75, 3.05) is 6.61 Å². The quantitative estimate of drug-likeness (QED) is 0.770. The van der Waals surface area contributed by atoms with Crippen LogP contribution in [0.25, 0.3) is 0 Å². The smallest absolute Gasteiger partial charge is 0.415 e. The number of alkyl carbamates (subject to hydrolysis) is 1. The van der Waals surface area contributed by atoms with Crippen molar-refractivity contribution in [3.8, 4) is 0 Å². The number of ether oxygens (including phenoxy) is 1. The molecule has 0 aliphatic carbocycles. The average Bonchev–Trinajstić information content (AvgIpc) is 2.29. The summed E-state index contributed by atoms with van der Waals surface area (Å²) in [5, 5.41) is 2.87. The molecule has 0 radical (unpaired) electrons. The molecule has 0 aliphatic heterocycles. The van der Waals surface area contributed by atoms with Crippen molar-refractivity contribution >= 4 is 35.3 Å². The molecule has 0 saturated heterocycles. The maximum absolute atomic E-state index is 11.0. The highest BCUT2D eigenvalue weighted by molar-refractivity contribution is 6.35. The number of rotatable bonds is 4. The van der Waals surface area contributed by atoms with Gasteiger partial charge in [-0.1, -0.05) is 29.3 Å². The monoisotopic (exact) mass is 306 g/mol. The summed E-state index contributed by atoms with van der Waals surface area (Å²) >= 11 is 11.8. The van der Waals surface area contributed by atoms with Crippen LogP contribution in [0.15, 0.2) is 18.2 Å². The van der Waals surface area contributed by atoms with Crippen LogP contribution in [0.2, 0.25) is 10.0 Å². The number of carbonyl (C=O) groups is 2. The van der Waals surface area contributed by atoms with Crippen molar-refractivity contribution in [3.63, 3.8) is 0 Å². The normalized spacial score (nSPS) is 11.7. The topological polar surface area (TPSA) is 109 Å². The zero-order valence-electron chi connectivity index (χ0n) is 9.99. The minimum Gasteiger partial charge on any atom is -0.443 e. The Kier molecular flexibility index (Phi) is 5.88. The number of urea groups is 1. The Bertz CT molecular complexity index is 482. The van der Waals surface area contributed by atoms with E-state index >= 15 is 0 Å². The van der Waals surface area contributed by atoms with Crippen LogP contribution < -0.4 is 16.8 Å². The van der Waals surface area contributed by atoms with Gasteiger partial charge >= 0.3 is 12.1 Å². The molecule has 0 fully saturated rings. The number of hydrogen-bond donors (Lipinski definition) is 3. The van der Waals surface area contributed by atoms with Gasteiger partial charge in [-0.15, -0.1) is 0 Å². The molecule has 0 aliphatic rings. The number of amides is 3. The van der Waals surface area contributed by atoms with Crippen molar-refractivity contribution in [2.24, 2.45) is 5.73 Å². The highest BCUT2D eigenvalue weighted by atomic mass is 35.5. The molecule has 6 N–H and O–H groups in total. The molecule has 3 amide bonds. The maximum atomic E-state index is 11.0. The van der Waals surface area contributed by atoms with Gasteiger partial charge in [0.15, 0.2) is 0 Å². The van der Waals surface area contributed by atoms with E-state index in [0.29, 0.717) is 16.5 Å². The highest BCUT2D eigenvalue weighted by Gasteiger charge is 2.14. The van der Waals surface area contributed by atoms with Gasteiger partial charge in [-0.3, -0.25) is 0 Å². The van der Waals surface area contributed by atoms with Gasteiger partial charge in [-0.2, -0.15) is 0 Å². The molecule has 0 spiro atoms. The van der Waals surface area contributed by atoms with E-state index in [0.717, 1.165) is 5.56 Å². The number of benzene rings is 1. The van der Waals surface area contributed by atoms with Crippen molar-refractivity contribution in [2.45, 2.75) is 12.5 Å². The number of nitrogens with one attached hydrogen (secondary N) is 1.